The van der Waals surface area contributed by atoms with Gasteiger partial charge < -0.3 is 20.3 Å². The molecule has 1 aliphatic rings. The first-order chi connectivity index (χ1) is 18.4. The number of amides is 2. The number of carbonyl (C=O) groups excluding carboxylic acids is 2. The monoisotopic (exact) mass is 510 g/mol. The maximum Gasteiger partial charge on any atom is 0.241 e. The Bertz CT molecular complexity index is 1330. The number of likely N-dealkylation sites (tertiary alicyclic amines) is 1. The van der Waals surface area contributed by atoms with Crippen molar-refractivity contribution in [2.24, 2.45) is 0 Å². The van der Waals surface area contributed by atoms with Crippen molar-refractivity contribution in [2.75, 3.05) is 26.7 Å². The van der Waals surface area contributed by atoms with Gasteiger partial charge >= 0.3 is 0 Å². The Morgan fingerprint density at radius 1 is 1.11 bits per heavy atom. The van der Waals surface area contributed by atoms with E-state index in [1.807, 2.05) is 60.4 Å². The summed E-state index contributed by atoms with van der Waals surface area (Å²) >= 11 is 0. The van der Waals surface area contributed by atoms with Crippen molar-refractivity contribution in [1.82, 2.24) is 15.5 Å². The summed E-state index contributed by atoms with van der Waals surface area (Å²) in [6, 6.07) is 24.5. The van der Waals surface area contributed by atoms with Crippen molar-refractivity contribution in [3.8, 4) is 22.9 Å². The highest BCUT2D eigenvalue weighted by molar-refractivity contribution is 5.83. The second-order valence-electron chi connectivity index (χ2n) is 9.71. The van der Waals surface area contributed by atoms with Crippen molar-refractivity contribution >= 4 is 11.8 Å². The number of benzene rings is 3. The van der Waals surface area contributed by atoms with E-state index in [0.29, 0.717) is 25.2 Å². The molecule has 3 aromatic rings. The number of aryl methyl sites for hydroxylation is 1. The van der Waals surface area contributed by atoms with Crippen molar-refractivity contribution < 1.29 is 14.3 Å². The van der Waals surface area contributed by atoms with Crippen LogP contribution in [0, 0.1) is 18.3 Å². The van der Waals surface area contributed by atoms with Gasteiger partial charge in [-0.3, -0.25) is 9.59 Å². The van der Waals surface area contributed by atoms with Crippen LogP contribution in [0.2, 0.25) is 0 Å². The van der Waals surface area contributed by atoms with E-state index in [4.69, 9.17) is 4.74 Å². The van der Waals surface area contributed by atoms with Gasteiger partial charge in [0.1, 0.15) is 5.75 Å². The minimum atomic E-state index is -0.207. The number of ether oxygens (including phenoxy) is 1. The summed E-state index contributed by atoms with van der Waals surface area (Å²) in [5, 5.41) is 15.6. The van der Waals surface area contributed by atoms with Crippen molar-refractivity contribution in [1.29, 1.82) is 5.26 Å². The molecule has 2 N–H and O–H groups in total. The molecule has 1 fully saturated rings. The maximum absolute atomic E-state index is 12.7. The zero-order chi connectivity index (χ0) is 27.1. The van der Waals surface area contributed by atoms with Crippen molar-refractivity contribution in [3.05, 3.63) is 89.0 Å². The third kappa shape index (κ3) is 6.39. The Hall–Kier alpha value is -4.15. The predicted molar refractivity (Wildman–Crippen MR) is 148 cm³/mol. The zero-order valence-corrected chi connectivity index (χ0v) is 22.2. The van der Waals surface area contributed by atoms with Crippen LogP contribution < -0.4 is 15.4 Å². The first kappa shape index (κ1) is 26.9. The quantitative estimate of drug-likeness (QED) is 0.475. The molecule has 1 heterocycles. The van der Waals surface area contributed by atoms with Crippen LogP contribution in [0.5, 0.6) is 5.75 Å². The van der Waals surface area contributed by atoms with Crippen molar-refractivity contribution in [2.45, 2.75) is 38.8 Å². The number of carbonyl (C=O) groups is 2. The smallest absolute Gasteiger partial charge is 0.241 e. The summed E-state index contributed by atoms with van der Waals surface area (Å²) in [6.45, 7) is 5.28. The molecule has 0 saturated carbocycles. The van der Waals surface area contributed by atoms with Gasteiger partial charge in [0.05, 0.1) is 25.3 Å². The Kier molecular flexibility index (Phi) is 8.77. The number of nitrogens with one attached hydrogen (secondary N) is 2. The molecule has 7 nitrogen and oxygen atoms in total. The summed E-state index contributed by atoms with van der Waals surface area (Å²) in [7, 11) is 1.68. The van der Waals surface area contributed by atoms with Gasteiger partial charge in [0.25, 0.3) is 0 Å². The van der Waals surface area contributed by atoms with Crippen molar-refractivity contribution in [3.63, 3.8) is 0 Å². The summed E-state index contributed by atoms with van der Waals surface area (Å²) in [5.41, 5.74) is 6.08. The number of hydrogen-bond donors (Lipinski definition) is 2. The number of methoxy groups -OCH3 is 1. The van der Waals surface area contributed by atoms with E-state index in [1.165, 1.54) is 12.5 Å². The van der Waals surface area contributed by atoms with Crippen LogP contribution in [0.4, 0.5) is 0 Å². The van der Waals surface area contributed by atoms with Crippen LogP contribution in [0.1, 0.15) is 41.5 Å². The normalized spacial score (nSPS) is 16.9. The summed E-state index contributed by atoms with van der Waals surface area (Å²) in [6.07, 6.45) is 0.794. The summed E-state index contributed by atoms with van der Waals surface area (Å²) in [4.78, 5) is 25.9. The van der Waals surface area contributed by atoms with Crippen LogP contribution in [-0.2, 0) is 16.1 Å². The minimum Gasteiger partial charge on any atom is -0.496 e. The molecule has 1 aliphatic heterocycles. The Morgan fingerprint density at radius 2 is 1.89 bits per heavy atom. The molecule has 0 spiro atoms. The van der Waals surface area contributed by atoms with Crippen LogP contribution in [-0.4, -0.2) is 49.5 Å². The number of nitriles is 1. The van der Waals surface area contributed by atoms with E-state index in [0.717, 1.165) is 34.4 Å². The lowest BCUT2D eigenvalue weighted by Gasteiger charge is -2.39. The third-order valence-corrected chi connectivity index (χ3v) is 7.18. The molecule has 0 bridgehead atoms. The Labute approximate surface area is 224 Å². The highest BCUT2D eigenvalue weighted by Gasteiger charge is 2.32. The molecule has 7 heteroatoms. The van der Waals surface area contributed by atoms with Gasteiger partial charge in [0.15, 0.2) is 0 Å². The fourth-order valence-electron chi connectivity index (χ4n) is 5.16. The standard InChI is InChI=1S/C31H34N4O3/c1-21-15-23(17-32)9-11-27(21)25-10-12-30(38-3)26(16-25)18-34-29-13-14-35(31(37)19-33-22(2)36)20-28(29)24-7-5-4-6-8-24/h4-12,15-16,28-29,34H,13-14,18-20H2,1-3H3,(H,33,36). The summed E-state index contributed by atoms with van der Waals surface area (Å²) < 4.78 is 5.68. The lowest BCUT2D eigenvalue weighted by molar-refractivity contribution is -0.133. The second-order valence-corrected chi connectivity index (χ2v) is 9.71. The molecule has 0 aromatic heterocycles. The second kappa shape index (κ2) is 12.4. The number of hydrogen-bond acceptors (Lipinski definition) is 5. The fraction of sp³-hybridized carbons (Fsp3) is 0.323. The van der Waals surface area contributed by atoms with Gasteiger partial charge in [-0.05, 0) is 59.9 Å². The number of nitrogens with zero attached hydrogens (tertiary/aromatic N) is 2. The maximum atomic E-state index is 12.7. The lowest BCUT2D eigenvalue weighted by Crippen LogP contribution is -2.51. The molecule has 2 amide bonds. The third-order valence-electron chi connectivity index (χ3n) is 7.18. The molecule has 2 atom stereocenters. The average molecular weight is 511 g/mol. The highest BCUT2D eigenvalue weighted by atomic mass is 16.5. The van der Waals surface area contributed by atoms with Gasteiger partial charge in [-0.2, -0.15) is 5.26 Å². The Morgan fingerprint density at radius 3 is 2.58 bits per heavy atom. The molecular formula is C31H34N4O3. The molecule has 38 heavy (non-hydrogen) atoms. The van der Waals surface area contributed by atoms with Gasteiger partial charge in [-0.1, -0.05) is 42.5 Å². The largest absolute Gasteiger partial charge is 0.496 e. The SMILES string of the molecule is COc1ccc(-c2ccc(C#N)cc2C)cc1CNC1CCN(C(=O)CNC(C)=O)CC1c1ccccc1. The molecule has 2 unspecified atom stereocenters. The predicted octanol–water partition coefficient (Wildman–Crippen LogP) is 4.15. The van der Waals surface area contributed by atoms with E-state index >= 15 is 0 Å². The average Bonchev–Trinajstić information content (AvgIpc) is 2.94. The molecule has 3 aromatic carbocycles. The van der Waals surface area contributed by atoms with Gasteiger partial charge in [-0.15, -0.1) is 0 Å². The zero-order valence-electron chi connectivity index (χ0n) is 22.2. The number of piperidine rings is 1. The van der Waals surface area contributed by atoms with E-state index in [2.05, 4.69) is 34.9 Å². The first-order valence-electron chi connectivity index (χ1n) is 12.9. The fourth-order valence-corrected chi connectivity index (χ4v) is 5.16. The van der Waals surface area contributed by atoms with Crippen LogP contribution in [0.15, 0.2) is 66.7 Å². The lowest BCUT2D eigenvalue weighted by atomic mass is 9.85. The Balaban J connectivity index is 1.53. The minimum absolute atomic E-state index is 0.0215. The molecule has 0 radical (unpaired) electrons. The molecular weight excluding hydrogens is 476 g/mol. The van der Waals surface area contributed by atoms with Gasteiger partial charge in [0, 0.05) is 44.1 Å². The van der Waals surface area contributed by atoms with E-state index in [-0.39, 0.29) is 30.3 Å². The molecule has 196 valence electrons. The topological polar surface area (TPSA) is 94.5 Å². The van der Waals surface area contributed by atoms with E-state index in [9.17, 15) is 14.9 Å². The summed E-state index contributed by atoms with van der Waals surface area (Å²) in [5.74, 6) is 0.654. The van der Waals surface area contributed by atoms with E-state index < -0.39 is 0 Å². The highest BCUT2D eigenvalue weighted by Crippen LogP contribution is 2.31. The van der Waals surface area contributed by atoms with Crippen LogP contribution >= 0.6 is 0 Å². The van der Waals surface area contributed by atoms with Crippen LogP contribution in [0.25, 0.3) is 11.1 Å². The molecule has 1 saturated heterocycles. The number of rotatable bonds is 8. The first-order valence-corrected chi connectivity index (χ1v) is 12.9. The molecule has 0 aliphatic carbocycles. The molecule has 4 rings (SSSR count). The van der Waals surface area contributed by atoms with E-state index in [1.54, 1.807) is 7.11 Å². The van der Waals surface area contributed by atoms with Crippen LogP contribution in [0.3, 0.4) is 0 Å². The van der Waals surface area contributed by atoms with Gasteiger partial charge in [0.2, 0.25) is 11.8 Å². The van der Waals surface area contributed by atoms with Gasteiger partial charge in [-0.25, -0.2) is 0 Å².